The quantitative estimate of drug-likeness (QED) is 0.0261. The van der Waals surface area contributed by atoms with Crippen LogP contribution in [0, 0.1) is 0 Å². The summed E-state index contributed by atoms with van der Waals surface area (Å²) < 4.78 is 16.9. The smallest absolute Gasteiger partial charge is 0.306 e. The van der Waals surface area contributed by atoms with Crippen LogP contribution in [0.3, 0.4) is 0 Å². The topological polar surface area (TPSA) is 78.9 Å². The van der Waals surface area contributed by atoms with Crippen LogP contribution >= 0.6 is 0 Å². The maximum absolute atomic E-state index is 12.9. The molecule has 6 nitrogen and oxygen atoms in total. The Morgan fingerprint density at radius 1 is 0.259 bits per heavy atom. The van der Waals surface area contributed by atoms with Crippen molar-refractivity contribution in [2.24, 2.45) is 0 Å². The monoisotopic (exact) mass is 1120 g/mol. The average molecular weight is 1120 g/mol. The number of allylic oxidation sites excluding steroid dienone is 22. The molecule has 0 aromatic heterocycles. The summed E-state index contributed by atoms with van der Waals surface area (Å²) in [4.78, 5) is 38.3. The fourth-order valence-corrected chi connectivity index (χ4v) is 9.06. The predicted molar refractivity (Wildman–Crippen MR) is 353 cm³/mol. The van der Waals surface area contributed by atoms with Crippen molar-refractivity contribution in [2.75, 3.05) is 13.2 Å². The Kier molecular flexibility index (Phi) is 64.3. The summed E-state index contributed by atoms with van der Waals surface area (Å²) in [6.45, 7) is 6.45. The van der Waals surface area contributed by atoms with E-state index in [0.717, 1.165) is 141 Å². The van der Waals surface area contributed by atoms with E-state index in [0.29, 0.717) is 19.3 Å². The number of hydrogen-bond donors (Lipinski definition) is 0. The Balaban J connectivity index is 4.25. The van der Waals surface area contributed by atoms with Gasteiger partial charge in [0.15, 0.2) is 6.10 Å². The zero-order chi connectivity index (χ0) is 58.5. The van der Waals surface area contributed by atoms with E-state index < -0.39 is 6.10 Å². The third-order valence-corrected chi connectivity index (χ3v) is 14.1. The third kappa shape index (κ3) is 66.2. The van der Waals surface area contributed by atoms with E-state index >= 15 is 0 Å². The number of hydrogen-bond acceptors (Lipinski definition) is 6. The van der Waals surface area contributed by atoms with E-state index in [-0.39, 0.29) is 31.1 Å². The Morgan fingerprint density at radius 3 is 0.802 bits per heavy atom. The van der Waals surface area contributed by atoms with Gasteiger partial charge in [0.05, 0.1) is 0 Å². The fourth-order valence-electron chi connectivity index (χ4n) is 9.06. The largest absolute Gasteiger partial charge is 0.462 e. The van der Waals surface area contributed by atoms with E-state index in [2.05, 4.69) is 154 Å². The molecule has 0 radical (unpaired) electrons. The Morgan fingerprint density at radius 2 is 0.494 bits per heavy atom. The first kappa shape index (κ1) is 76.5. The minimum absolute atomic E-state index is 0.0895. The number of rotatable bonds is 60. The molecule has 81 heavy (non-hydrogen) atoms. The van der Waals surface area contributed by atoms with E-state index in [1.165, 1.54) is 122 Å². The van der Waals surface area contributed by atoms with Crippen LogP contribution in [-0.2, 0) is 28.6 Å². The van der Waals surface area contributed by atoms with Gasteiger partial charge in [-0.3, -0.25) is 14.4 Å². The highest BCUT2D eigenvalue weighted by Crippen LogP contribution is 2.16. The summed E-state index contributed by atoms with van der Waals surface area (Å²) in [7, 11) is 0. The number of esters is 3. The molecule has 1 atom stereocenters. The van der Waals surface area contributed by atoms with Crippen LogP contribution in [0.4, 0.5) is 0 Å². The Labute approximate surface area is 500 Å². The molecule has 1 unspecified atom stereocenters. The van der Waals surface area contributed by atoms with Crippen molar-refractivity contribution in [3.63, 3.8) is 0 Å². The van der Waals surface area contributed by atoms with Gasteiger partial charge < -0.3 is 14.2 Å². The maximum atomic E-state index is 12.9. The third-order valence-electron chi connectivity index (χ3n) is 14.1. The molecule has 0 saturated carbocycles. The van der Waals surface area contributed by atoms with Gasteiger partial charge in [-0.05, 0) is 135 Å². The highest BCUT2D eigenvalue weighted by Gasteiger charge is 2.19. The van der Waals surface area contributed by atoms with Crippen molar-refractivity contribution in [3.8, 4) is 0 Å². The first-order chi connectivity index (χ1) is 40.0. The second-order valence-corrected chi connectivity index (χ2v) is 22.0. The molecule has 0 aromatic carbocycles. The molecular weight excluding hydrogens is 997 g/mol. The van der Waals surface area contributed by atoms with Crippen molar-refractivity contribution >= 4 is 17.9 Å². The molecule has 0 amide bonds. The van der Waals surface area contributed by atoms with Gasteiger partial charge in [-0.1, -0.05) is 283 Å². The minimum Gasteiger partial charge on any atom is -0.462 e. The second kappa shape index (κ2) is 68.1. The van der Waals surface area contributed by atoms with Gasteiger partial charge in [0, 0.05) is 19.3 Å². The van der Waals surface area contributed by atoms with Crippen LogP contribution in [0.2, 0.25) is 0 Å². The van der Waals surface area contributed by atoms with Crippen molar-refractivity contribution in [1.29, 1.82) is 0 Å². The predicted octanol–water partition coefficient (Wildman–Crippen LogP) is 23.3. The van der Waals surface area contributed by atoms with Crippen LogP contribution in [-0.4, -0.2) is 37.2 Å². The molecule has 0 aliphatic rings. The number of carbonyl (C=O) groups excluding carboxylic acids is 3. The van der Waals surface area contributed by atoms with Gasteiger partial charge in [-0.25, -0.2) is 0 Å². The first-order valence-electron chi connectivity index (χ1n) is 33.7. The van der Waals surface area contributed by atoms with E-state index in [9.17, 15) is 14.4 Å². The summed E-state index contributed by atoms with van der Waals surface area (Å²) in [5, 5.41) is 0. The summed E-state index contributed by atoms with van der Waals surface area (Å²) in [6, 6.07) is 0. The molecule has 0 aliphatic heterocycles. The van der Waals surface area contributed by atoms with Crippen molar-refractivity contribution in [3.05, 3.63) is 134 Å². The number of ether oxygens (including phenoxy) is 3. The molecule has 0 bridgehead atoms. The van der Waals surface area contributed by atoms with Crippen molar-refractivity contribution in [2.45, 2.75) is 309 Å². The van der Waals surface area contributed by atoms with Crippen LogP contribution in [0.25, 0.3) is 0 Å². The molecule has 0 saturated heterocycles. The summed E-state index contributed by atoms with van der Waals surface area (Å²) in [6.07, 6.45) is 96.1. The van der Waals surface area contributed by atoms with Gasteiger partial charge in [0.1, 0.15) is 13.2 Å². The molecule has 460 valence electrons. The summed E-state index contributed by atoms with van der Waals surface area (Å²) >= 11 is 0. The Hall–Kier alpha value is -4.45. The van der Waals surface area contributed by atoms with Gasteiger partial charge >= 0.3 is 17.9 Å². The zero-order valence-corrected chi connectivity index (χ0v) is 52.8. The molecule has 0 aliphatic carbocycles. The summed E-state index contributed by atoms with van der Waals surface area (Å²) in [5.74, 6) is -0.911. The lowest BCUT2D eigenvalue weighted by Gasteiger charge is -2.18. The number of unbranched alkanes of at least 4 members (excludes halogenated alkanes) is 27. The van der Waals surface area contributed by atoms with Gasteiger partial charge in [-0.15, -0.1) is 0 Å². The number of carbonyl (C=O) groups is 3. The Bertz CT molecular complexity index is 1720. The van der Waals surface area contributed by atoms with Crippen LogP contribution in [0.15, 0.2) is 134 Å². The maximum Gasteiger partial charge on any atom is 0.306 e. The van der Waals surface area contributed by atoms with Crippen molar-refractivity contribution < 1.29 is 28.6 Å². The van der Waals surface area contributed by atoms with Crippen LogP contribution in [0.5, 0.6) is 0 Å². The normalized spacial score (nSPS) is 13.0. The molecule has 0 rings (SSSR count). The molecular formula is C75H124O6. The second-order valence-electron chi connectivity index (χ2n) is 22.0. The van der Waals surface area contributed by atoms with Gasteiger partial charge in [-0.2, -0.15) is 0 Å². The molecule has 0 spiro atoms. The van der Waals surface area contributed by atoms with Crippen molar-refractivity contribution in [1.82, 2.24) is 0 Å². The van der Waals surface area contributed by atoms with E-state index in [1.54, 1.807) is 0 Å². The standard InChI is InChI=1S/C75H124O6/c1-4-7-10-13-16-19-22-24-26-28-30-31-32-33-34-35-36-37-38-39-40-41-42-43-45-46-48-50-53-56-59-62-65-68-74(77)80-71-72(70-79-73(76)67-64-61-58-55-52-21-18-15-12-9-6-3)81-75(78)69-66-63-60-57-54-51-49-47-44-29-27-25-23-20-17-14-11-8-5-2/h7,10,15-20,24-27,30-31,33-34,36-37,39-40,44,47,72H,4-6,8-9,11-14,21-23,28-29,32,35,38,41-43,45-46,48-71H2,1-3H3/b10-7-,18-15-,19-16-,20-17-,26-24-,27-25-,31-30-,34-33-,37-36-,40-39-,47-44-. The highest BCUT2D eigenvalue weighted by atomic mass is 16.6. The lowest BCUT2D eigenvalue weighted by molar-refractivity contribution is -0.167. The SMILES string of the molecule is CC/C=C\C/C=C\C/C=C\C/C=C\C/C=C\C/C=C\C/C=C\CCCCCCCCCCCCCC(=O)OCC(COC(=O)CCCCCCC/C=C\CCCC)OC(=O)CCCCCCCC/C=C\C/C=C\C/C=C\CCCCC. The van der Waals surface area contributed by atoms with Gasteiger partial charge in [0.25, 0.3) is 0 Å². The average Bonchev–Trinajstić information content (AvgIpc) is 3.47. The lowest BCUT2D eigenvalue weighted by Crippen LogP contribution is -2.30. The minimum atomic E-state index is -0.794. The molecule has 0 N–H and O–H groups in total. The fraction of sp³-hybridized carbons (Fsp3) is 0.667. The van der Waals surface area contributed by atoms with Crippen LogP contribution < -0.4 is 0 Å². The van der Waals surface area contributed by atoms with E-state index in [4.69, 9.17) is 14.2 Å². The lowest BCUT2D eigenvalue weighted by atomic mass is 10.0. The molecule has 0 fully saturated rings. The first-order valence-corrected chi connectivity index (χ1v) is 33.7. The van der Waals surface area contributed by atoms with Gasteiger partial charge in [0.2, 0.25) is 0 Å². The van der Waals surface area contributed by atoms with Crippen LogP contribution in [0.1, 0.15) is 303 Å². The molecule has 0 heterocycles. The zero-order valence-electron chi connectivity index (χ0n) is 52.8. The highest BCUT2D eigenvalue weighted by molar-refractivity contribution is 5.71. The van der Waals surface area contributed by atoms with E-state index in [1.807, 2.05) is 0 Å². The summed E-state index contributed by atoms with van der Waals surface area (Å²) in [5.41, 5.74) is 0. The molecule has 6 heteroatoms. The molecule has 0 aromatic rings.